The summed E-state index contributed by atoms with van der Waals surface area (Å²) in [5.74, 6) is -1.63. The lowest BCUT2D eigenvalue weighted by Crippen LogP contribution is -2.29. The standard InChI is InChI=1S/C15H19F2NO2/c1-2-20-14(19)10-13(18-8-3-4-9-18)15-11(16)6-5-7-12(15)17/h5-7,13H,2-4,8-10H2,1H3. The van der Waals surface area contributed by atoms with Gasteiger partial charge in [0, 0.05) is 5.56 Å². The molecule has 0 radical (unpaired) electrons. The van der Waals surface area contributed by atoms with Gasteiger partial charge in [-0.3, -0.25) is 9.69 Å². The molecule has 0 aliphatic carbocycles. The first-order chi connectivity index (χ1) is 9.63. The number of benzene rings is 1. The number of likely N-dealkylation sites (tertiary alicyclic amines) is 1. The maximum absolute atomic E-state index is 14.0. The minimum Gasteiger partial charge on any atom is -0.466 e. The van der Waals surface area contributed by atoms with Crippen molar-refractivity contribution in [2.24, 2.45) is 0 Å². The summed E-state index contributed by atoms with van der Waals surface area (Å²) in [4.78, 5) is 13.7. The van der Waals surface area contributed by atoms with Crippen LogP contribution >= 0.6 is 0 Å². The van der Waals surface area contributed by atoms with Crippen molar-refractivity contribution in [3.05, 3.63) is 35.4 Å². The van der Waals surface area contributed by atoms with Gasteiger partial charge in [-0.15, -0.1) is 0 Å². The highest BCUT2D eigenvalue weighted by Gasteiger charge is 2.30. The highest BCUT2D eigenvalue weighted by molar-refractivity contribution is 5.70. The van der Waals surface area contributed by atoms with Crippen LogP contribution in [0.1, 0.15) is 37.8 Å². The Hall–Kier alpha value is -1.49. The van der Waals surface area contributed by atoms with Crippen molar-refractivity contribution in [3.8, 4) is 0 Å². The van der Waals surface area contributed by atoms with Crippen LogP contribution in [0.5, 0.6) is 0 Å². The van der Waals surface area contributed by atoms with Crippen LogP contribution in [0.2, 0.25) is 0 Å². The maximum atomic E-state index is 14.0. The first kappa shape index (κ1) is 14.9. The molecule has 0 N–H and O–H groups in total. The fourth-order valence-electron chi connectivity index (χ4n) is 2.67. The molecule has 110 valence electrons. The zero-order chi connectivity index (χ0) is 14.5. The molecule has 2 rings (SSSR count). The SMILES string of the molecule is CCOC(=O)CC(c1c(F)cccc1F)N1CCCC1. The molecule has 1 saturated heterocycles. The minimum absolute atomic E-state index is 0.0221. The average Bonchev–Trinajstić information content (AvgIpc) is 2.91. The minimum atomic E-state index is -0.605. The lowest BCUT2D eigenvalue weighted by Gasteiger charge is -2.27. The molecule has 1 heterocycles. The maximum Gasteiger partial charge on any atom is 0.307 e. The van der Waals surface area contributed by atoms with Crippen LogP contribution in [0, 0.1) is 11.6 Å². The third-order valence-corrected chi connectivity index (χ3v) is 3.58. The molecule has 1 aliphatic rings. The summed E-state index contributed by atoms with van der Waals surface area (Å²) >= 11 is 0. The zero-order valence-corrected chi connectivity index (χ0v) is 11.6. The molecular weight excluding hydrogens is 264 g/mol. The molecule has 3 nitrogen and oxygen atoms in total. The van der Waals surface area contributed by atoms with E-state index < -0.39 is 23.6 Å². The van der Waals surface area contributed by atoms with E-state index in [9.17, 15) is 13.6 Å². The molecule has 1 aliphatic heterocycles. The van der Waals surface area contributed by atoms with E-state index in [4.69, 9.17) is 4.74 Å². The van der Waals surface area contributed by atoms with Crippen molar-refractivity contribution < 1.29 is 18.3 Å². The number of hydrogen-bond acceptors (Lipinski definition) is 3. The van der Waals surface area contributed by atoms with Gasteiger partial charge < -0.3 is 4.74 Å². The van der Waals surface area contributed by atoms with Crippen LogP contribution < -0.4 is 0 Å². The lowest BCUT2D eigenvalue weighted by atomic mass is 10.0. The van der Waals surface area contributed by atoms with E-state index in [2.05, 4.69) is 0 Å². The summed E-state index contributed by atoms with van der Waals surface area (Å²) in [5, 5.41) is 0. The molecule has 0 aromatic heterocycles. The van der Waals surface area contributed by atoms with E-state index >= 15 is 0 Å². The van der Waals surface area contributed by atoms with Gasteiger partial charge in [-0.25, -0.2) is 8.78 Å². The Morgan fingerprint density at radius 1 is 1.30 bits per heavy atom. The summed E-state index contributed by atoms with van der Waals surface area (Å²) in [6.45, 7) is 3.48. The summed E-state index contributed by atoms with van der Waals surface area (Å²) < 4.78 is 32.9. The topological polar surface area (TPSA) is 29.5 Å². The van der Waals surface area contributed by atoms with E-state index in [0.29, 0.717) is 0 Å². The second-order valence-corrected chi connectivity index (χ2v) is 4.90. The number of ether oxygens (including phenoxy) is 1. The lowest BCUT2D eigenvalue weighted by molar-refractivity contribution is -0.144. The molecule has 0 saturated carbocycles. The van der Waals surface area contributed by atoms with Crippen molar-refractivity contribution >= 4 is 5.97 Å². The first-order valence-corrected chi connectivity index (χ1v) is 6.97. The van der Waals surface area contributed by atoms with Crippen molar-refractivity contribution in [2.45, 2.75) is 32.2 Å². The molecule has 0 amide bonds. The second-order valence-electron chi connectivity index (χ2n) is 4.90. The Balaban J connectivity index is 2.27. The summed E-state index contributed by atoms with van der Waals surface area (Å²) in [7, 11) is 0. The highest BCUT2D eigenvalue weighted by Crippen LogP contribution is 2.31. The Labute approximate surface area is 117 Å². The van der Waals surface area contributed by atoms with Crippen LogP contribution in [0.4, 0.5) is 8.78 Å². The van der Waals surface area contributed by atoms with Gasteiger partial charge in [-0.05, 0) is 45.0 Å². The Morgan fingerprint density at radius 3 is 2.45 bits per heavy atom. The molecule has 1 fully saturated rings. The van der Waals surface area contributed by atoms with Crippen LogP contribution in [0.15, 0.2) is 18.2 Å². The van der Waals surface area contributed by atoms with Crippen LogP contribution in [-0.2, 0) is 9.53 Å². The van der Waals surface area contributed by atoms with Gasteiger partial charge in [0.25, 0.3) is 0 Å². The van der Waals surface area contributed by atoms with Gasteiger partial charge in [0.15, 0.2) is 0 Å². The van der Waals surface area contributed by atoms with E-state index in [1.807, 2.05) is 4.90 Å². The summed E-state index contributed by atoms with van der Waals surface area (Å²) in [5.41, 5.74) is -0.0255. The molecule has 1 aromatic rings. The number of hydrogen-bond donors (Lipinski definition) is 0. The van der Waals surface area contributed by atoms with Gasteiger partial charge in [0.05, 0.1) is 19.1 Å². The number of rotatable bonds is 5. The summed E-state index contributed by atoms with van der Waals surface area (Å²) in [6, 6.07) is 3.21. The molecule has 1 atom stereocenters. The van der Waals surface area contributed by atoms with E-state index in [1.54, 1.807) is 6.92 Å². The van der Waals surface area contributed by atoms with Gasteiger partial charge >= 0.3 is 5.97 Å². The number of nitrogens with zero attached hydrogens (tertiary/aromatic N) is 1. The van der Waals surface area contributed by atoms with Crippen molar-refractivity contribution in [3.63, 3.8) is 0 Å². The Morgan fingerprint density at radius 2 is 1.90 bits per heavy atom. The third-order valence-electron chi connectivity index (χ3n) is 3.58. The predicted molar refractivity (Wildman–Crippen MR) is 71.2 cm³/mol. The molecular formula is C15H19F2NO2. The molecule has 20 heavy (non-hydrogen) atoms. The van der Waals surface area contributed by atoms with Gasteiger partial charge in [0.2, 0.25) is 0 Å². The van der Waals surface area contributed by atoms with Crippen LogP contribution in [0.3, 0.4) is 0 Å². The molecule has 1 aromatic carbocycles. The molecule has 1 unspecified atom stereocenters. The normalized spacial score (nSPS) is 17.1. The molecule has 0 spiro atoms. The Bertz CT molecular complexity index is 453. The second kappa shape index (κ2) is 6.79. The van der Waals surface area contributed by atoms with Gasteiger partial charge in [-0.2, -0.15) is 0 Å². The van der Waals surface area contributed by atoms with E-state index in [-0.39, 0.29) is 18.6 Å². The first-order valence-electron chi connectivity index (χ1n) is 6.97. The van der Waals surface area contributed by atoms with Crippen molar-refractivity contribution in [1.29, 1.82) is 0 Å². The van der Waals surface area contributed by atoms with Crippen molar-refractivity contribution in [2.75, 3.05) is 19.7 Å². The van der Waals surface area contributed by atoms with E-state index in [0.717, 1.165) is 25.9 Å². The quantitative estimate of drug-likeness (QED) is 0.778. The summed E-state index contributed by atoms with van der Waals surface area (Å²) in [6.07, 6.45) is 1.94. The number of carbonyl (C=O) groups is 1. The van der Waals surface area contributed by atoms with Crippen molar-refractivity contribution in [1.82, 2.24) is 4.90 Å². The van der Waals surface area contributed by atoms with Crippen LogP contribution in [0.25, 0.3) is 0 Å². The number of esters is 1. The highest BCUT2D eigenvalue weighted by atomic mass is 19.1. The number of halogens is 2. The zero-order valence-electron chi connectivity index (χ0n) is 11.6. The van der Waals surface area contributed by atoms with Gasteiger partial charge in [0.1, 0.15) is 11.6 Å². The fraction of sp³-hybridized carbons (Fsp3) is 0.533. The predicted octanol–water partition coefficient (Wildman–Crippen LogP) is 3.05. The number of carbonyl (C=O) groups excluding carboxylic acids is 1. The molecule has 5 heteroatoms. The monoisotopic (exact) mass is 283 g/mol. The van der Waals surface area contributed by atoms with E-state index in [1.165, 1.54) is 18.2 Å². The smallest absolute Gasteiger partial charge is 0.307 e. The van der Waals surface area contributed by atoms with Gasteiger partial charge in [-0.1, -0.05) is 6.07 Å². The fourth-order valence-corrected chi connectivity index (χ4v) is 2.67. The third kappa shape index (κ3) is 3.33. The average molecular weight is 283 g/mol. The molecule has 0 bridgehead atoms. The Kier molecular flexibility index (Phi) is 5.06. The van der Waals surface area contributed by atoms with Crippen LogP contribution in [-0.4, -0.2) is 30.6 Å². The largest absolute Gasteiger partial charge is 0.466 e.